The Balaban J connectivity index is 2.19. The van der Waals surface area contributed by atoms with E-state index in [4.69, 9.17) is 14.2 Å². The van der Waals surface area contributed by atoms with E-state index in [9.17, 15) is 9.36 Å². The molecule has 8 heteroatoms. The predicted octanol–water partition coefficient (Wildman–Crippen LogP) is 1.76. The van der Waals surface area contributed by atoms with Crippen molar-refractivity contribution in [1.82, 2.24) is 4.98 Å². The molecule has 1 aliphatic carbocycles. The first-order valence-electron chi connectivity index (χ1n) is 5.50. The van der Waals surface area contributed by atoms with Gasteiger partial charge in [0.1, 0.15) is 17.0 Å². The second-order valence-electron chi connectivity index (χ2n) is 4.05. The van der Waals surface area contributed by atoms with Gasteiger partial charge in [-0.15, -0.1) is 0 Å². The number of phosphoric acid groups is 1. The van der Waals surface area contributed by atoms with Gasteiger partial charge in [-0.25, -0.2) is 9.55 Å². The number of phosphoric ester groups is 1. The van der Waals surface area contributed by atoms with E-state index in [0.29, 0.717) is 17.0 Å². The lowest BCUT2D eigenvalue weighted by Crippen LogP contribution is -1.99. The third-order valence-corrected chi connectivity index (χ3v) is 3.00. The van der Waals surface area contributed by atoms with E-state index in [-0.39, 0.29) is 16.8 Å². The Morgan fingerprint density at radius 2 is 1.95 bits per heavy atom. The van der Waals surface area contributed by atoms with Crippen LogP contribution in [0.4, 0.5) is 0 Å². The van der Waals surface area contributed by atoms with Crippen molar-refractivity contribution in [2.24, 2.45) is 0 Å². The number of nitrogens with zero attached hydrogens (tertiary/aromatic N) is 1. The largest absolute Gasteiger partial charge is 0.524 e. The third-order valence-electron chi connectivity index (χ3n) is 2.55. The minimum atomic E-state index is -4.63. The average molecular weight is 293 g/mol. The summed E-state index contributed by atoms with van der Waals surface area (Å²) in [5, 5.41) is 0. The number of hydrogen-bond donors (Lipinski definition) is 2. The fourth-order valence-electron chi connectivity index (χ4n) is 1.78. The molecule has 0 fully saturated rings. The van der Waals surface area contributed by atoms with Gasteiger partial charge < -0.3 is 8.94 Å². The summed E-state index contributed by atoms with van der Waals surface area (Å²) < 4.78 is 20.7. The molecule has 0 atom stereocenters. The van der Waals surface area contributed by atoms with Crippen LogP contribution < -0.4 is 9.95 Å². The van der Waals surface area contributed by atoms with Crippen LogP contribution in [0.3, 0.4) is 0 Å². The molecule has 0 aromatic heterocycles. The lowest BCUT2D eigenvalue weighted by atomic mass is 10.2. The second-order valence-corrected chi connectivity index (χ2v) is 5.22. The Hall–Kier alpha value is -2.21. The average Bonchev–Trinajstić information content (AvgIpc) is 2.34. The molecule has 2 aliphatic rings. The first-order valence-corrected chi connectivity index (χ1v) is 7.04. The van der Waals surface area contributed by atoms with Crippen LogP contribution in [0.1, 0.15) is 0 Å². The monoisotopic (exact) mass is 293 g/mol. The van der Waals surface area contributed by atoms with Crippen LogP contribution in [-0.2, 0) is 4.57 Å². The Morgan fingerprint density at radius 3 is 2.70 bits per heavy atom. The number of aromatic nitrogens is 1. The number of benzene rings is 2. The SMILES string of the molecule is O=c1ccc2nc3ccc(OP(=O)(O)O)cc3oc-2c1. The highest BCUT2D eigenvalue weighted by molar-refractivity contribution is 7.46. The summed E-state index contributed by atoms with van der Waals surface area (Å²) in [5.41, 5.74) is 1.04. The summed E-state index contributed by atoms with van der Waals surface area (Å²) in [6, 6.07) is 8.39. The fraction of sp³-hybridized carbons (Fsp3) is 0. The van der Waals surface area contributed by atoms with Crippen LogP contribution in [-0.4, -0.2) is 14.8 Å². The van der Waals surface area contributed by atoms with Gasteiger partial charge in [0.2, 0.25) is 0 Å². The zero-order chi connectivity index (χ0) is 14.3. The molecule has 0 saturated carbocycles. The molecular weight excluding hydrogens is 285 g/mol. The molecule has 1 heterocycles. The van der Waals surface area contributed by atoms with Gasteiger partial charge in [0.25, 0.3) is 0 Å². The highest BCUT2D eigenvalue weighted by atomic mass is 31.2. The minimum absolute atomic E-state index is 0.0472. The Kier molecular flexibility index (Phi) is 2.83. The summed E-state index contributed by atoms with van der Waals surface area (Å²) in [6.45, 7) is 0. The summed E-state index contributed by atoms with van der Waals surface area (Å²) in [6.07, 6.45) is 0. The molecule has 0 bridgehead atoms. The summed E-state index contributed by atoms with van der Waals surface area (Å²) in [7, 11) is -4.63. The van der Waals surface area contributed by atoms with Gasteiger partial charge in [0.05, 0.1) is 0 Å². The first-order chi connectivity index (χ1) is 9.40. The smallest absolute Gasteiger partial charge is 0.453 e. The molecule has 0 unspecified atom stereocenters. The van der Waals surface area contributed by atoms with Crippen molar-refractivity contribution >= 4 is 18.9 Å². The number of hydrogen-bond acceptors (Lipinski definition) is 5. The zero-order valence-corrected chi connectivity index (χ0v) is 10.8. The van der Waals surface area contributed by atoms with Gasteiger partial charge in [-0.1, -0.05) is 0 Å². The van der Waals surface area contributed by atoms with E-state index in [0.717, 1.165) is 0 Å². The first kappa shape index (κ1) is 12.8. The van der Waals surface area contributed by atoms with Crippen LogP contribution in [0.2, 0.25) is 0 Å². The van der Waals surface area contributed by atoms with E-state index < -0.39 is 7.82 Å². The van der Waals surface area contributed by atoms with Gasteiger partial charge in [-0.05, 0) is 24.3 Å². The molecule has 0 radical (unpaired) electrons. The summed E-state index contributed by atoms with van der Waals surface area (Å²) >= 11 is 0. The van der Waals surface area contributed by atoms with Gasteiger partial charge >= 0.3 is 7.82 Å². The Bertz CT molecular complexity index is 867. The van der Waals surface area contributed by atoms with E-state index in [1.165, 1.54) is 30.3 Å². The van der Waals surface area contributed by atoms with Crippen LogP contribution in [0.5, 0.6) is 5.75 Å². The molecule has 20 heavy (non-hydrogen) atoms. The normalized spacial score (nSPS) is 11.9. The molecule has 102 valence electrons. The molecule has 1 aromatic carbocycles. The second kappa shape index (κ2) is 4.42. The van der Waals surface area contributed by atoms with E-state index in [1.807, 2.05) is 0 Å². The highest BCUT2D eigenvalue weighted by Gasteiger charge is 2.17. The van der Waals surface area contributed by atoms with Crippen molar-refractivity contribution in [3.8, 4) is 17.2 Å². The maximum Gasteiger partial charge on any atom is 0.524 e. The molecule has 2 N–H and O–H groups in total. The third kappa shape index (κ3) is 2.55. The van der Waals surface area contributed by atoms with Gasteiger partial charge in [-0.2, -0.15) is 0 Å². The topological polar surface area (TPSA) is 110 Å². The molecule has 3 rings (SSSR count). The van der Waals surface area contributed by atoms with Crippen molar-refractivity contribution in [3.05, 3.63) is 46.6 Å². The van der Waals surface area contributed by atoms with Crippen LogP contribution in [0, 0.1) is 0 Å². The van der Waals surface area contributed by atoms with Crippen LogP contribution in [0.25, 0.3) is 22.6 Å². The van der Waals surface area contributed by atoms with Crippen LogP contribution >= 0.6 is 7.82 Å². The zero-order valence-electron chi connectivity index (χ0n) is 9.89. The van der Waals surface area contributed by atoms with Crippen molar-refractivity contribution in [2.75, 3.05) is 0 Å². The molecule has 1 aliphatic heterocycles. The molecule has 1 aromatic rings. The molecule has 0 saturated heterocycles. The summed E-state index contributed by atoms with van der Waals surface area (Å²) in [5.74, 6) is 0.243. The molecule has 0 amide bonds. The molecular formula is C12H8NO6P. The maximum absolute atomic E-state index is 11.3. The van der Waals surface area contributed by atoms with Crippen LogP contribution in [0.15, 0.2) is 45.6 Å². The van der Waals surface area contributed by atoms with Crippen molar-refractivity contribution < 1.29 is 23.3 Å². The fourth-order valence-corrected chi connectivity index (χ4v) is 2.17. The highest BCUT2D eigenvalue weighted by Crippen LogP contribution is 2.38. The van der Waals surface area contributed by atoms with Crippen molar-refractivity contribution in [1.29, 1.82) is 0 Å². The number of fused-ring (bicyclic) bond motifs is 2. The van der Waals surface area contributed by atoms with Gasteiger partial charge in [0.15, 0.2) is 16.8 Å². The molecule has 0 spiro atoms. The maximum atomic E-state index is 11.3. The van der Waals surface area contributed by atoms with Crippen molar-refractivity contribution in [2.45, 2.75) is 0 Å². The standard InChI is InChI=1S/C12H8NO6P/c14-7-1-3-9-11(5-7)18-12-6-8(19-20(15,16)17)2-4-10(12)13-9/h1-6H,(H2,15,16,17). The van der Waals surface area contributed by atoms with E-state index >= 15 is 0 Å². The lowest BCUT2D eigenvalue weighted by molar-refractivity contribution is 0.283. The quantitative estimate of drug-likeness (QED) is 0.547. The predicted molar refractivity (Wildman–Crippen MR) is 69.6 cm³/mol. The van der Waals surface area contributed by atoms with Crippen molar-refractivity contribution in [3.63, 3.8) is 0 Å². The molecule has 7 nitrogen and oxygen atoms in total. The Morgan fingerprint density at radius 1 is 1.15 bits per heavy atom. The lowest BCUT2D eigenvalue weighted by Gasteiger charge is -2.08. The van der Waals surface area contributed by atoms with E-state index in [2.05, 4.69) is 9.51 Å². The Labute approximate surface area is 112 Å². The number of rotatable bonds is 2. The van der Waals surface area contributed by atoms with E-state index in [1.54, 1.807) is 6.07 Å². The minimum Gasteiger partial charge on any atom is -0.453 e. The van der Waals surface area contributed by atoms with Gasteiger partial charge in [0, 0.05) is 12.1 Å². The summed E-state index contributed by atoms with van der Waals surface area (Å²) in [4.78, 5) is 33.0. The van der Waals surface area contributed by atoms with Gasteiger partial charge in [-0.3, -0.25) is 14.6 Å².